The van der Waals surface area contributed by atoms with Crippen LogP contribution >= 0.6 is 0 Å². The van der Waals surface area contributed by atoms with Crippen molar-refractivity contribution in [3.05, 3.63) is 29.8 Å². The Morgan fingerprint density at radius 1 is 1.50 bits per heavy atom. The normalized spacial score (nSPS) is 24.5. The monoisotopic (exact) mass is 221 g/mol. The van der Waals surface area contributed by atoms with Crippen molar-refractivity contribution in [3.63, 3.8) is 0 Å². The van der Waals surface area contributed by atoms with Gasteiger partial charge in [0.2, 0.25) is 0 Å². The van der Waals surface area contributed by atoms with Gasteiger partial charge in [0.05, 0.1) is 6.42 Å². The summed E-state index contributed by atoms with van der Waals surface area (Å²) in [6.45, 7) is 0.832. The third-order valence-corrected chi connectivity index (χ3v) is 3.02. The number of carboxylic acid groups (broad SMARTS) is 1. The molecule has 0 saturated carbocycles. The van der Waals surface area contributed by atoms with Crippen molar-refractivity contribution in [2.24, 2.45) is 5.92 Å². The molecule has 86 valence electrons. The summed E-state index contributed by atoms with van der Waals surface area (Å²) in [5, 5.41) is 21.5. The van der Waals surface area contributed by atoms with E-state index >= 15 is 0 Å². The molecule has 2 rings (SSSR count). The zero-order chi connectivity index (χ0) is 11.5. The van der Waals surface area contributed by atoms with E-state index in [1.807, 2.05) is 6.07 Å². The second kappa shape index (κ2) is 4.53. The third kappa shape index (κ3) is 2.33. The largest absolute Gasteiger partial charge is 0.508 e. The van der Waals surface area contributed by atoms with Crippen molar-refractivity contribution in [1.29, 1.82) is 0 Å². The maximum Gasteiger partial charge on any atom is 0.303 e. The summed E-state index contributed by atoms with van der Waals surface area (Å²) < 4.78 is 0. The average Bonchev–Trinajstić information content (AvgIpc) is 2.65. The summed E-state index contributed by atoms with van der Waals surface area (Å²) in [4.78, 5) is 10.7. The first-order valence-corrected chi connectivity index (χ1v) is 5.41. The van der Waals surface area contributed by atoms with Crippen LogP contribution in [0.2, 0.25) is 0 Å². The molecule has 1 fully saturated rings. The fourth-order valence-corrected chi connectivity index (χ4v) is 2.31. The van der Waals surface area contributed by atoms with Crippen molar-refractivity contribution < 1.29 is 15.0 Å². The van der Waals surface area contributed by atoms with Gasteiger partial charge in [-0.1, -0.05) is 12.1 Å². The van der Waals surface area contributed by atoms with Gasteiger partial charge in [-0.25, -0.2) is 0 Å². The molecule has 0 aliphatic carbocycles. The molecule has 1 saturated heterocycles. The Morgan fingerprint density at radius 3 is 3.00 bits per heavy atom. The minimum Gasteiger partial charge on any atom is -0.508 e. The predicted molar refractivity (Wildman–Crippen MR) is 59.2 cm³/mol. The first-order chi connectivity index (χ1) is 7.66. The van der Waals surface area contributed by atoms with Crippen LogP contribution < -0.4 is 5.32 Å². The lowest BCUT2D eigenvalue weighted by Crippen LogP contribution is -2.19. The van der Waals surface area contributed by atoms with E-state index in [2.05, 4.69) is 5.32 Å². The summed E-state index contributed by atoms with van der Waals surface area (Å²) in [6.07, 6.45) is 1.04. The second-order valence-electron chi connectivity index (χ2n) is 4.17. The summed E-state index contributed by atoms with van der Waals surface area (Å²) in [7, 11) is 0. The van der Waals surface area contributed by atoms with Crippen LogP contribution in [0.5, 0.6) is 5.75 Å². The fourth-order valence-electron chi connectivity index (χ4n) is 2.31. The van der Waals surface area contributed by atoms with Crippen molar-refractivity contribution in [2.75, 3.05) is 6.54 Å². The van der Waals surface area contributed by atoms with Gasteiger partial charge < -0.3 is 15.5 Å². The number of phenols is 1. The molecule has 2 unspecified atom stereocenters. The number of aliphatic carboxylic acids is 1. The van der Waals surface area contributed by atoms with Gasteiger partial charge in [-0.15, -0.1) is 0 Å². The minimum absolute atomic E-state index is 0.0446. The molecule has 1 aromatic carbocycles. The minimum atomic E-state index is -0.765. The summed E-state index contributed by atoms with van der Waals surface area (Å²) in [5.74, 6) is -0.432. The number of hydrogen-bond donors (Lipinski definition) is 3. The average molecular weight is 221 g/mol. The van der Waals surface area contributed by atoms with E-state index < -0.39 is 5.97 Å². The fraction of sp³-hybridized carbons (Fsp3) is 0.417. The smallest absolute Gasteiger partial charge is 0.303 e. The molecule has 0 amide bonds. The van der Waals surface area contributed by atoms with Crippen molar-refractivity contribution in [1.82, 2.24) is 5.32 Å². The number of carboxylic acids is 1. The van der Waals surface area contributed by atoms with E-state index in [0.717, 1.165) is 18.5 Å². The zero-order valence-corrected chi connectivity index (χ0v) is 8.89. The number of aromatic hydroxyl groups is 1. The van der Waals surface area contributed by atoms with Crippen LogP contribution in [0.1, 0.15) is 24.4 Å². The van der Waals surface area contributed by atoms with Gasteiger partial charge in [0.15, 0.2) is 0 Å². The maximum atomic E-state index is 10.7. The van der Waals surface area contributed by atoms with Crippen molar-refractivity contribution in [2.45, 2.75) is 18.9 Å². The molecule has 4 nitrogen and oxygen atoms in total. The van der Waals surface area contributed by atoms with Gasteiger partial charge >= 0.3 is 5.97 Å². The van der Waals surface area contributed by atoms with Gasteiger partial charge in [-0.05, 0) is 36.6 Å². The highest BCUT2D eigenvalue weighted by molar-refractivity contribution is 5.67. The van der Waals surface area contributed by atoms with Crippen LogP contribution in [-0.2, 0) is 4.79 Å². The quantitative estimate of drug-likeness (QED) is 0.723. The molecule has 1 aromatic rings. The first kappa shape index (κ1) is 11.0. The van der Waals surface area contributed by atoms with Crippen LogP contribution in [-0.4, -0.2) is 22.7 Å². The lowest BCUT2D eigenvalue weighted by atomic mass is 9.91. The number of nitrogens with one attached hydrogen (secondary N) is 1. The molecular weight excluding hydrogens is 206 g/mol. The number of phenolic OH excluding ortho intramolecular Hbond substituents is 1. The summed E-state index contributed by atoms with van der Waals surface area (Å²) in [5.41, 5.74) is 0.962. The van der Waals surface area contributed by atoms with E-state index in [-0.39, 0.29) is 24.1 Å². The molecule has 1 heterocycles. The molecule has 2 atom stereocenters. The van der Waals surface area contributed by atoms with Gasteiger partial charge in [0, 0.05) is 6.04 Å². The molecule has 4 heteroatoms. The Kier molecular flexibility index (Phi) is 3.10. The molecule has 0 aromatic heterocycles. The molecule has 16 heavy (non-hydrogen) atoms. The number of carbonyl (C=O) groups is 1. The Bertz CT molecular complexity index is 392. The lowest BCUT2D eigenvalue weighted by Gasteiger charge is -2.18. The lowest BCUT2D eigenvalue weighted by molar-refractivity contribution is -0.138. The van der Waals surface area contributed by atoms with E-state index in [0.29, 0.717) is 0 Å². The maximum absolute atomic E-state index is 10.7. The highest BCUT2D eigenvalue weighted by Crippen LogP contribution is 2.33. The van der Waals surface area contributed by atoms with E-state index in [1.54, 1.807) is 18.2 Å². The molecule has 0 radical (unpaired) electrons. The Morgan fingerprint density at radius 2 is 2.31 bits per heavy atom. The van der Waals surface area contributed by atoms with Gasteiger partial charge in [-0.3, -0.25) is 4.79 Å². The van der Waals surface area contributed by atoms with Crippen LogP contribution in [0, 0.1) is 5.92 Å². The van der Waals surface area contributed by atoms with Crippen LogP contribution in [0.25, 0.3) is 0 Å². The standard InChI is InChI=1S/C12H15NO3/c14-10-3-1-2-8(6-10)12-9(4-5-13-12)7-11(15)16/h1-3,6,9,12-14H,4-5,7H2,(H,15,16). The molecule has 3 N–H and O–H groups in total. The first-order valence-electron chi connectivity index (χ1n) is 5.41. The number of hydrogen-bond acceptors (Lipinski definition) is 3. The van der Waals surface area contributed by atoms with Crippen molar-refractivity contribution in [3.8, 4) is 5.75 Å². The SMILES string of the molecule is O=C(O)CC1CCNC1c1cccc(O)c1. The van der Waals surface area contributed by atoms with E-state index in [1.165, 1.54) is 0 Å². The molecular formula is C12H15NO3. The molecule has 1 aliphatic heterocycles. The Labute approximate surface area is 93.9 Å². The highest BCUT2D eigenvalue weighted by atomic mass is 16.4. The zero-order valence-electron chi connectivity index (χ0n) is 8.89. The van der Waals surface area contributed by atoms with Gasteiger partial charge in [-0.2, -0.15) is 0 Å². The van der Waals surface area contributed by atoms with E-state index in [4.69, 9.17) is 5.11 Å². The van der Waals surface area contributed by atoms with Crippen LogP contribution in [0.15, 0.2) is 24.3 Å². The molecule has 0 spiro atoms. The highest BCUT2D eigenvalue weighted by Gasteiger charge is 2.29. The van der Waals surface area contributed by atoms with Gasteiger partial charge in [0.1, 0.15) is 5.75 Å². The predicted octanol–water partition coefficient (Wildman–Crippen LogP) is 1.52. The Hall–Kier alpha value is -1.55. The van der Waals surface area contributed by atoms with Crippen LogP contribution in [0.4, 0.5) is 0 Å². The van der Waals surface area contributed by atoms with Gasteiger partial charge in [0.25, 0.3) is 0 Å². The van der Waals surface area contributed by atoms with Crippen molar-refractivity contribution >= 4 is 5.97 Å². The molecule has 0 bridgehead atoms. The summed E-state index contributed by atoms with van der Waals surface area (Å²) in [6, 6.07) is 7.05. The summed E-state index contributed by atoms with van der Waals surface area (Å²) >= 11 is 0. The topological polar surface area (TPSA) is 69.6 Å². The second-order valence-corrected chi connectivity index (χ2v) is 4.17. The van der Waals surface area contributed by atoms with E-state index in [9.17, 15) is 9.90 Å². The van der Waals surface area contributed by atoms with Crippen LogP contribution in [0.3, 0.4) is 0 Å². The number of benzene rings is 1. The molecule has 1 aliphatic rings. The third-order valence-electron chi connectivity index (χ3n) is 3.02. The number of rotatable bonds is 3. The Balaban J connectivity index is 2.16.